The van der Waals surface area contributed by atoms with E-state index in [1.54, 1.807) is 26.8 Å². The maximum atomic E-state index is 13.6. The first-order valence-electron chi connectivity index (χ1n) is 6.85. The highest BCUT2D eigenvalue weighted by atomic mass is 19.1. The molecule has 0 heterocycles. The van der Waals surface area contributed by atoms with E-state index in [0.717, 1.165) is 6.07 Å². The van der Waals surface area contributed by atoms with Crippen LogP contribution in [-0.2, 0) is 4.74 Å². The molecule has 1 aromatic rings. The normalized spacial score (nSPS) is 11.5. The van der Waals surface area contributed by atoms with E-state index in [-0.39, 0.29) is 5.56 Å². The number of ether oxygens (including phenoxy) is 1. The highest BCUT2D eigenvalue weighted by Gasteiger charge is 2.15. The van der Waals surface area contributed by atoms with Crippen LogP contribution in [0.3, 0.4) is 0 Å². The molecule has 6 heteroatoms. The lowest BCUT2D eigenvalue weighted by molar-refractivity contribution is 0.0528. The standard InChI is InChI=1S/C16H20FNO4/c1-16(2,3)22-15(21)18-9-5-4-6-11-7-8-12(14(19)20)10-13(11)17/h4,6-8,10H,5,9H2,1-3H3,(H,18,21)(H,19,20). The molecule has 0 unspecified atom stereocenters. The van der Waals surface area contributed by atoms with E-state index < -0.39 is 23.5 Å². The Bertz CT molecular complexity index is 576. The highest BCUT2D eigenvalue weighted by Crippen LogP contribution is 2.12. The molecule has 0 saturated carbocycles. The predicted molar refractivity (Wildman–Crippen MR) is 81.2 cm³/mol. The van der Waals surface area contributed by atoms with Gasteiger partial charge in [-0.25, -0.2) is 14.0 Å². The molecule has 0 aliphatic carbocycles. The summed E-state index contributed by atoms with van der Waals surface area (Å²) in [6, 6.07) is 3.71. The van der Waals surface area contributed by atoms with Gasteiger partial charge in [-0.3, -0.25) is 0 Å². The van der Waals surface area contributed by atoms with Gasteiger partial charge in [-0.2, -0.15) is 0 Å². The number of carbonyl (C=O) groups excluding carboxylic acids is 1. The van der Waals surface area contributed by atoms with E-state index in [1.165, 1.54) is 18.2 Å². The molecule has 0 radical (unpaired) electrons. The van der Waals surface area contributed by atoms with Gasteiger partial charge in [0, 0.05) is 12.1 Å². The number of alkyl carbamates (subject to hydrolysis) is 1. The van der Waals surface area contributed by atoms with Gasteiger partial charge in [0.15, 0.2) is 0 Å². The van der Waals surface area contributed by atoms with Crippen LogP contribution in [-0.4, -0.2) is 29.3 Å². The van der Waals surface area contributed by atoms with Gasteiger partial charge in [-0.05, 0) is 39.3 Å². The molecule has 1 rings (SSSR count). The zero-order chi connectivity index (χ0) is 16.8. The van der Waals surface area contributed by atoms with Crippen molar-refractivity contribution in [3.8, 4) is 0 Å². The third-order valence-electron chi connectivity index (χ3n) is 2.52. The average Bonchev–Trinajstić information content (AvgIpc) is 2.37. The van der Waals surface area contributed by atoms with Crippen molar-refractivity contribution in [3.05, 3.63) is 41.2 Å². The fourth-order valence-corrected chi connectivity index (χ4v) is 1.58. The minimum Gasteiger partial charge on any atom is -0.478 e. The number of carboxylic acid groups (broad SMARTS) is 1. The average molecular weight is 309 g/mol. The Kier molecular flexibility index (Phi) is 6.10. The second-order valence-corrected chi connectivity index (χ2v) is 5.66. The summed E-state index contributed by atoms with van der Waals surface area (Å²) in [5.41, 5.74) is -0.349. The third-order valence-corrected chi connectivity index (χ3v) is 2.52. The molecule has 0 aromatic heterocycles. The Morgan fingerprint density at radius 1 is 1.36 bits per heavy atom. The first-order valence-corrected chi connectivity index (χ1v) is 6.85. The van der Waals surface area contributed by atoms with Crippen molar-refractivity contribution < 1.29 is 23.8 Å². The summed E-state index contributed by atoms with van der Waals surface area (Å²) in [5.74, 6) is -1.77. The highest BCUT2D eigenvalue weighted by molar-refractivity contribution is 5.87. The molecule has 1 aromatic carbocycles. The third kappa shape index (κ3) is 6.39. The van der Waals surface area contributed by atoms with Crippen molar-refractivity contribution in [2.75, 3.05) is 6.54 Å². The number of nitrogens with one attached hydrogen (secondary N) is 1. The fraction of sp³-hybridized carbons (Fsp3) is 0.375. The summed E-state index contributed by atoms with van der Waals surface area (Å²) in [5, 5.41) is 11.3. The Morgan fingerprint density at radius 2 is 2.05 bits per heavy atom. The van der Waals surface area contributed by atoms with E-state index in [0.29, 0.717) is 18.5 Å². The monoisotopic (exact) mass is 309 g/mol. The number of hydrogen-bond acceptors (Lipinski definition) is 3. The summed E-state index contributed by atoms with van der Waals surface area (Å²) in [4.78, 5) is 22.1. The molecular weight excluding hydrogens is 289 g/mol. The van der Waals surface area contributed by atoms with Gasteiger partial charge in [-0.15, -0.1) is 0 Å². The second-order valence-electron chi connectivity index (χ2n) is 5.66. The largest absolute Gasteiger partial charge is 0.478 e. The Labute approximate surface area is 128 Å². The summed E-state index contributed by atoms with van der Waals surface area (Å²) in [7, 11) is 0. The number of carbonyl (C=O) groups is 2. The minimum absolute atomic E-state index is 0.0961. The second kappa shape index (κ2) is 7.59. The van der Waals surface area contributed by atoms with Crippen LogP contribution in [0.25, 0.3) is 6.08 Å². The lowest BCUT2D eigenvalue weighted by Gasteiger charge is -2.19. The van der Waals surface area contributed by atoms with Crippen molar-refractivity contribution in [1.82, 2.24) is 5.32 Å². The lowest BCUT2D eigenvalue weighted by atomic mass is 10.1. The smallest absolute Gasteiger partial charge is 0.407 e. The zero-order valence-electron chi connectivity index (χ0n) is 12.9. The molecule has 0 bridgehead atoms. The molecule has 0 aliphatic heterocycles. The van der Waals surface area contributed by atoms with Gasteiger partial charge in [0.2, 0.25) is 0 Å². The van der Waals surface area contributed by atoms with Crippen molar-refractivity contribution in [2.45, 2.75) is 32.8 Å². The van der Waals surface area contributed by atoms with Crippen molar-refractivity contribution in [3.63, 3.8) is 0 Å². The van der Waals surface area contributed by atoms with E-state index in [9.17, 15) is 14.0 Å². The summed E-state index contributed by atoms with van der Waals surface area (Å²) in [6.07, 6.45) is 3.23. The quantitative estimate of drug-likeness (QED) is 0.817. The Balaban J connectivity index is 2.44. The molecule has 0 spiro atoms. The number of amides is 1. The summed E-state index contributed by atoms with van der Waals surface area (Å²) >= 11 is 0. The van der Waals surface area contributed by atoms with E-state index in [4.69, 9.17) is 9.84 Å². The molecule has 120 valence electrons. The number of aromatic carboxylic acids is 1. The van der Waals surface area contributed by atoms with Crippen LogP contribution in [0, 0.1) is 5.82 Å². The summed E-state index contributed by atoms with van der Waals surface area (Å²) in [6.45, 7) is 5.68. The number of hydrogen-bond donors (Lipinski definition) is 2. The molecule has 5 nitrogen and oxygen atoms in total. The topological polar surface area (TPSA) is 75.6 Å². The maximum absolute atomic E-state index is 13.6. The molecule has 2 N–H and O–H groups in total. The van der Waals surface area contributed by atoms with Crippen LogP contribution in [0.5, 0.6) is 0 Å². The zero-order valence-corrected chi connectivity index (χ0v) is 12.9. The molecule has 22 heavy (non-hydrogen) atoms. The van der Waals surface area contributed by atoms with Crippen molar-refractivity contribution in [1.29, 1.82) is 0 Å². The maximum Gasteiger partial charge on any atom is 0.407 e. The van der Waals surface area contributed by atoms with Gasteiger partial charge < -0.3 is 15.2 Å². The molecule has 0 fully saturated rings. The minimum atomic E-state index is -1.17. The first kappa shape index (κ1) is 17.7. The molecule has 0 atom stereocenters. The molecule has 0 aliphatic rings. The Hall–Kier alpha value is -2.37. The fourth-order valence-electron chi connectivity index (χ4n) is 1.58. The van der Waals surface area contributed by atoms with Crippen LogP contribution in [0.4, 0.5) is 9.18 Å². The van der Waals surface area contributed by atoms with E-state index in [1.807, 2.05) is 0 Å². The van der Waals surface area contributed by atoms with Crippen LogP contribution in [0.15, 0.2) is 24.3 Å². The van der Waals surface area contributed by atoms with Crippen LogP contribution >= 0.6 is 0 Å². The number of rotatable bonds is 5. The molecular formula is C16H20FNO4. The van der Waals surface area contributed by atoms with Gasteiger partial charge in [-0.1, -0.05) is 18.2 Å². The lowest BCUT2D eigenvalue weighted by Crippen LogP contribution is -2.32. The predicted octanol–water partition coefficient (Wildman–Crippen LogP) is 3.45. The first-order chi connectivity index (χ1) is 10.2. The van der Waals surface area contributed by atoms with Gasteiger partial charge >= 0.3 is 12.1 Å². The summed E-state index contributed by atoms with van der Waals surface area (Å²) < 4.78 is 18.7. The van der Waals surface area contributed by atoms with Crippen LogP contribution in [0.1, 0.15) is 43.1 Å². The van der Waals surface area contributed by atoms with Crippen molar-refractivity contribution >= 4 is 18.1 Å². The SMILES string of the molecule is CC(C)(C)OC(=O)NCCC=Cc1ccc(C(=O)O)cc1F. The van der Waals surface area contributed by atoms with Crippen LogP contribution < -0.4 is 5.32 Å². The van der Waals surface area contributed by atoms with Gasteiger partial charge in [0.05, 0.1) is 5.56 Å². The molecule has 0 saturated heterocycles. The van der Waals surface area contributed by atoms with Gasteiger partial charge in [0.1, 0.15) is 11.4 Å². The number of benzene rings is 1. The van der Waals surface area contributed by atoms with E-state index >= 15 is 0 Å². The van der Waals surface area contributed by atoms with E-state index in [2.05, 4.69) is 5.32 Å². The van der Waals surface area contributed by atoms with Crippen LogP contribution in [0.2, 0.25) is 0 Å². The number of halogens is 1. The van der Waals surface area contributed by atoms with Gasteiger partial charge in [0.25, 0.3) is 0 Å². The Morgan fingerprint density at radius 3 is 2.59 bits per heavy atom. The number of carboxylic acids is 1. The van der Waals surface area contributed by atoms with Crippen molar-refractivity contribution in [2.24, 2.45) is 0 Å². The molecule has 1 amide bonds.